The molecule has 76 valence electrons. The van der Waals surface area contributed by atoms with Gasteiger partial charge in [-0.15, -0.1) is 0 Å². The highest BCUT2D eigenvalue weighted by Crippen LogP contribution is 2.20. The first-order chi connectivity index (χ1) is 4.83. The van der Waals surface area contributed by atoms with Gasteiger partial charge in [-0.25, -0.2) is 0 Å². The van der Waals surface area contributed by atoms with E-state index in [0.29, 0.717) is 0 Å². The second kappa shape index (κ2) is 5.23. The Morgan fingerprint density at radius 2 is 0.833 bits per heavy atom. The van der Waals surface area contributed by atoms with Crippen LogP contribution in [-0.4, -0.2) is 29.7 Å². The van der Waals surface area contributed by atoms with Gasteiger partial charge < -0.3 is 21.5 Å². The van der Waals surface area contributed by atoms with Gasteiger partial charge in [0, 0.05) is 0 Å². The van der Waals surface area contributed by atoms with E-state index in [1.165, 1.54) is 4.48 Å². The van der Waals surface area contributed by atoms with Crippen LogP contribution in [0.4, 0.5) is 0 Å². The molecule has 0 spiro atoms. The monoisotopic (exact) mass is 237 g/mol. The minimum Gasteiger partial charge on any atom is -1.00 e. The van der Waals surface area contributed by atoms with Gasteiger partial charge in [0.05, 0.1) is 25.2 Å². The van der Waals surface area contributed by atoms with E-state index < -0.39 is 0 Å². The van der Waals surface area contributed by atoms with E-state index >= 15 is 0 Å². The fourth-order valence-corrected chi connectivity index (χ4v) is 1.79. The summed E-state index contributed by atoms with van der Waals surface area (Å²) in [5.41, 5.74) is 0. The molecule has 0 aromatic rings. The van der Waals surface area contributed by atoms with Crippen LogP contribution in [0, 0.1) is 0 Å². The Morgan fingerprint density at radius 1 is 0.667 bits per heavy atom. The molecule has 0 bridgehead atoms. The Bertz CT molecular complexity index is 97.2. The second-order valence-electron chi connectivity index (χ2n) is 4.50. The first-order valence-corrected chi connectivity index (χ1v) is 4.69. The molecule has 0 atom stereocenters. The van der Waals surface area contributed by atoms with Gasteiger partial charge in [-0.3, -0.25) is 0 Å². The summed E-state index contributed by atoms with van der Waals surface area (Å²) in [6.07, 6.45) is 0. The molecule has 0 radical (unpaired) electrons. The average molecular weight is 238 g/mol. The van der Waals surface area contributed by atoms with Crippen LogP contribution in [0.15, 0.2) is 0 Å². The molecule has 0 fully saturated rings. The summed E-state index contributed by atoms with van der Waals surface area (Å²) in [5, 5.41) is 0. The average Bonchev–Trinajstić information content (AvgIpc) is 1.84. The van der Waals surface area contributed by atoms with Crippen molar-refractivity contribution in [2.24, 2.45) is 0 Å². The molecular weight excluding hydrogens is 214 g/mol. The van der Waals surface area contributed by atoms with Crippen LogP contribution in [0.3, 0.4) is 0 Å². The summed E-state index contributed by atoms with van der Waals surface area (Å²) in [6, 6.07) is 2.15. The van der Waals surface area contributed by atoms with Crippen molar-refractivity contribution >= 4 is 0 Å². The van der Waals surface area contributed by atoms with Crippen LogP contribution >= 0.6 is 0 Å². The second-order valence-corrected chi connectivity index (χ2v) is 4.50. The fourth-order valence-electron chi connectivity index (χ4n) is 1.79. The third-order valence-electron chi connectivity index (χ3n) is 3.34. The molecule has 0 unspecified atom stereocenters. The Morgan fingerprint density at radius 3 is 0.833 bits per heavy atom. The lowest BCUT2D eigenvalue weighted by molar-refractivity contribution is -0.968. The molecule has 0 rings (SSSR count). The summed E-state index contributed by atoms with van der Waals surface area (Å²) in [6.45, 7) is 13.8. The van der Waals surface area contributed by atoms with E-state index in [4.69, 9.17) is 0 Å². The molecule has 0 aromatic heterocycles. The fraction of sp³-hybridized carbons (Fsp3) is 1.00. The Labute approximate surface area is 88.5 Å². The van der Waals surface area contributed by atoms with Crippen molar-refractivity contribution in [2.75, 3.05) is 7.05 Å². The number of hydrogen-bond donors (Lipinski definition) is 0. The molecule has 0 aliphatic carbocycles. The molecule has 0 amide bonds. The third kappa shape index (κ3) is 2.74. The van der Waals surface area contributed by atoms with E-state index in [1.54, 1.807) is 0 Å². The van der Waals surface area contributed by atoms with Crippen LogP contribution in [0.2, 0.25) is 0 Å². The number of hydrogen-bond acceptors (Lipinski definition) is 0. The van der Waals surface area contributed by atoms with E-state index in [9.17, 15) is 0 Å². The van der Waals surface area contributed by atoms with Crippen molar-refractivity contribution in [3.63, 3.8) is 0 Å². The maximum absolute atomic E-state index is 2.35. The Hall–Kier alpha value is 0.440. The van der Waals surface area contributed by atoms with Crippen molar-refractivity contribution in [1.29, 1.82) is 0 Å². The van der Waals surface area contributed by atoms with Gasteiger partial charge >= 0.3 is 0 Å². The molecule has 12 heavy (non-hydrogen) atoms. The summed E-state index contributed by atoms with van der Waals surface area (Å²) in [5.74, 6) is 0. The summed E-state index contributed by atoms with van der Waals surface area (Å²) < 4.78 is 1.17. The lowest BCUT2D eigenvalue weighted by Gasteiger charge is -2.46. The summed E-state index contributed by atoms with van der Waals surface area (Å²) in [4.78, 5) is 0. The number of nitrogens with zero attached hydrogens (tertiary/aromatic N) is 1. The van der Waals surface area contributed by atoms with Gasteiger partial charge in [-0.05, 0) is 41.5 Å². The minimum atomic E-state index is 0. The zero-order valence-electron chi connectivity index (χ0n) is 9.56. The zero-order chi connectivity index (χ0) is 9.23. The van der Waals surface area contributed by atoms with Gasteiger partial charge in [0.2, 0.25) is 0 Å². The number of rotatable bonds is 3. The first kappa shape index (κ1) is 14.9. The smallest absolute Gasteiger partial charge is 0.0835 e. The highest BCUT2D eigenvalue weighted by molar-refractivity contribution is 4.53. The molecule has 0 heterocycles. The molecule has 0 aromatic carbocycles. The summed E-state index contributed by atoms with van der Waals surface area (Å²) in [7, 11) is 2.35. The third-order valence-corrected chi connectivity index (χ3v) is 3.34. The van der Waals surface area contributed by atoms with Crippen molar-refractivity contribution in [2.45, 2.75) is 59.7 Å². The molecule has 0 aliphatic heterocycles. The lowest BCUT2D eigenvalue weighted by Crippen LogP contribution is -3.00. The predicted molar refractivity (Wildman–Crippen MR) is 51.6 cm³/mol. The van der Waals surface area contributed by atoms with Crippen molar-refractivity contribution in [1.82, 2.24) is 0 Å². The van der Waals surface area contributed by atoms with Gasteiger partial charge in [-0.1, -0.05) is 0 Å². The Balaban J connectivity index is 0. The van der Waals surface area contributed by atoms with Crippen LogP contribution in [0.5, 0.6) is 0 Å². The normalized spacial score (nSPS) is 12.5. The van der Waals surface area contributed by atoms with Gasteiger partial charge in [-0.2, -0.15) is 0 Å². The van der Waals surface area contributed by atoms with Crippen molar-refractivity contribution < 1.29 is 21.5 Å². The molecule has 0 saturated heterocycles. The van der Waals surface area contributed by atoms with Crippen molar-refractivity contribution in [3.05, 3.63) is 0 Å². The van der Waals surface area contributed by atoms with Crippen LogP contribution in [0.25, 0.3) is 0 Å². The molecular formula is C10H24BrN. The standard InChI is InChI=1S/C10H24N.BrH/c1-8(2)11(7,9(3)4)10(5)6;/h8-10H,1-7H3;1H/q+1;/p-1. The van der Waals surface area contributed by atoms with Crippen LogP contribution in [0.1, 0.15) is 41.5 Å². The highest BCUT2D eigenvalue weighted by atomic mass is 79.9. The highest BCUT2D eigenvalue weighted by Gasteiger charge is 2.32. The van der Waals surface area contributed by atoms with E-state index in [2.05, 4.69) is 48.6 Å². The van der Waals surface area contributed by atoms with E-state index in [-0.39, 0.29) is 17.0 Å². The Kier molecular flexibility index (Phi) is 6.51. The molecule has 1 nitrogen and oxygen atoms in total. The topological polar surface area (TPSA) is 0 Å². The summed E-state index contributed by atoms with van der Waals surface area (Å²) >= 11 is 0. The quantitative estimate of drug-likeness (QED) is 0.590. The predicted octanol–water partition coefficient (Wildman–Crippen LogP) is -0.338. The minimum absolute atomic E-state index is 0. The first-order valence-electron chi connectivity index (χ1n) is 4.69. The number of quaternary nitrogens is 1. The maximum atomic E-state index is 2.35. The largest absolute Gasteiger partial charge is 1.00 e. The van der Waals surface area contributed by atoms with E-state index in [1.807, 2.05) is 0 Å². The zero-order valence-corrected chi connectivity index (χ0v) is 11.1. The molecule has 2 heteroatoms. The van der Waals surface area contributed by atoms with Crippen LogP contribution in [-0.2, 0) is 0 Å². The van der Waals surface area contributed by atoms with Gasteiger partial charge in [0.15, 0.2) is 0 Å². The lowest BCUT2D eigenvalue weighted by atomic mass is 10.1. The van der Waals surface area contributed by atoms with Gasteiger partial charge in [0.1, 0.15) is 0 Å². The van der Waals surface area contributed by atoms with Crippen molar-refractivity contribution in [3.8, 4) is 0 Å². The SMILES string of the molecule is CC(C)[N+](C)(C(C)C)C(C)C.[Br-]. The molecule has 0 N–H and O–H groups in total. The van der Waals surface area contributed by atoms with E-state index in [0.717, 1.165) is 18.1 Å². The van der Waals surface area contributed by atoms with Gasteiger partial charge in [0.25, 0.3) is 0 Å². The molecule has 0 saturated carbocycles. The van der Waals surface area contributed by atoms with Crippen LogP contribution < -0.4 is 17.0 Å². The number of halogens is 1. The molecule has 0 aliphatic rings. The maximum Gasteiger partial charge on any atom is 0.0835 e.